The zero-order valence-electron chi connectivity index (χ0n) is 16.1. The molecule has 0 saturated carbocycles. The predicted octanol–water partition coefficient (Wildman–Crippen LogP) is 3.82. The minimum atomic E-state index is -0.105. The van der Waals surface area contributed by atoms with Gasteiger partial charge in [0, 0.05) is 17.5 Å². The summed E-state index contributed by atoms with van der Waals surface area (Å²) in [5, 5.41) is 8.23. The molecule has 2 unspecified atom stereocenters. The normalized spacial score (nSPS) is 16.7. The average Bonchev–Trinajstić information content (AvgIpc) is 3.36. The van der Waals surface area contributed by atoms with E-state index in [4.69, 9.17) is 4.74 Å². The van der Waals surface area contributed by atoms with Crippen molar-refractivity contribution in [2.45, 2.75) is 38.3 Å². The zero-order valence-corrected chi connectivity index (χ0v) is 16.9. The lowest BCUT2D eigenvalue weighted by atomic mass is 10.1. The highest BCUT2D eigenvalue weighted by atomic mass is 32.1. The highest BCUT2D eigenvalue weighted by Gasteiger charge is 2.24. The van der Waals surface area contributed by atoms with Gasteiger partial charge >= 0.3 is 6.03 Å². The monoisotopic (exact) mass is 387 g/mol. The molecule has 1 aliphatic heterocycles. The van der Waals surface area contributed by atoms with Gasteiger partial charge in [0.1, 0.15) is 5.75 Å². The van der Waals surface area contributed by atoms with Crippen LogP contribution < -0.4 is 15.4 Å². The van der Waals surface area contributed by atoms with E-state index in [0.29, 0.717) is 6.54 Å². The number of hydrogen-bond donors (Lipinski definition) is 2. The van der Waals surface area contributed by atoms with Gasteiger partial charge in [-0.25, -0.2) is 4.79 Å². The molecule has 6 heteroatoms. The standard InChI is InChI=1S/C21H29N3O2S/c1-16(13-17-7-5-8-18(14-17)26-2)23-21(25)22-15-19(20-9-6-12-27-20)24-10-3-4-11-24/h5-9,12,14,16,19H,3-4,10-11,13,15H2,1-2H3,(H2,22,23,25). The van der Waals surface area contributed by atoms with Crippen molar-refractivity contribution in [3.63, 3.8) is 0 Å². The third-order valence-electron chi connectivity index (χ3n) is 4.96. The molecule has 1 aromatic heterocycles. The second kappa shape index (κ2) is 9.76. The fourth-order valence-electron chi connectivity index (χ4n) is 3.61. The third kappa shape index (κ3) is 5.71. The van der Waals surface area contributed by atoms with Crippen molar-refractivity contribution in [2.75, 3.05) is 26.7 Å². The van der Waals surface area contributed by atoms with Crippen molar-refractivity contribution in [1.29, 1.82) is 0 Å². The Morgan fingerprint density at radius 2 is 2.07 bits per heavy atom. The second-order valence-corrected chi connectivity index (χ2v) is 8.06. The number of likely N-dealkylation sites (tertiary alicyclic amines) is 1. The first-order valence-corrected chi connectivity index (χ1v) is 10.5. The fraction of sp³-hybridized carbons (Fsp3) is 0.476. The highest BCUT2D eigenvalue weighted by Crippen LogP contribution is 2.27. The maximum absolute atomic E-state index is 12.4. The van der Waals surface area contributed by atoms with Crippen molar-refractivity contribution < 1.29 is 9.53 Å². The van der Waals surface area contributed by atoms with Crippen LogP contribution in [0.1, 0.15) is 36.2 Å². The van der Waals surface area contributed by atoms with E-state index in [-0.39, 0.29) is 18.1 Å². The van der Waals surface area contributed by atoms with Crippen LogP contribution in [0.25, 0.3) is 0 Å². The summed E-state index contributed by atoms with van der Waals surface area (Å²) in [5.74, 6) is 0.841. The molecule has 0 radical (unpaired) electrons. The van der Waals surface area contributed by atoms with Crippen LogP contribution in [-0.2, 0) is 6.42 Å². The molecular formula is C21H29N3O2S. The van der Waals surface area contributed by atoms with Gasteiger partial charge in [0.15, 0.2) is 0 Å². The third-order valence-corrected chi connectivity index (χ3v) is 5.94. The summed E-state index contributed by atoms with van der Waals surface area (Å²) in [6, 6.07) is 12.4. The van der Waals surface area contributed by atoms with Gasteiger partial charge in [-0.1, -0.05) is 18.2 Å². The first-order chi connectivity index (χ1) is 13.2. The topological polar surface area (TPSA) is 53.6 Å². The number of nitrogens with zero attached hydrogens (tertiary/aromatic N) is 1. The van der Waals surface area contributed by atoms with Crippen molar-refractivity contribution in [3.05, 3.63) is 52.2 Å². The van der Waals surface area contributed by atoms with Crippen LogP contribution in [0, 0.1) is 0 Å². The van der Waals surface area contributed by atoms with Gasteiger partial charge in [0.2, 0.25) is 0 Å². The van der Waals surface area contributed by atoms with Crippen molar-refractivity contribution in [3.8, 4) is 5.75 Å². The number of thiophene rings is 1. The number of benzene rings is 1. The average molecular weight is 388 g/mol. The first-order valence-electron chi connectivity index (χ1n) is 9.60. The molecule has 2 amide bonds. The molecule has 5 nitrogen and oxygen atoms in total. The Kier molecular flexibility index (Phi) is 7.12. The van der Waals surface area contributed by atoms with Gasteiger partial charge in [-0.2, -0.15) is 0 Å². The first kappa shape index (κ1) is 19.7. The van der Waals surface area contributed by atoms with Crippen LogP contribution >= 0.6 is 11.3 Å². The number of ether oxygens (including phenoxy) is 1. The minimum Gasteiger partial charge on any atom is -0.497 e. The Morgan fingerprint density at radius 1 is 1.26 bits per heavy atom. The lowest BCUT2D eigenvalue weighted by Crippen LogP contribution is -2.45. The predicted molar refractivity (Wildman–Crippen MR) is 111 cm³/mol. The largest absolute Gasteiger partial charge is 0.497 e. The van der Waals surface area contributed by atoms with Gasteiger partial charge in [0.25, 0.3) is 0 Å². The van der Waals surface area contributed by atoms with E-state index in [1.807, 2.05) is 25.1 Å². The highest BCUT2D eigenvalue weighted by molar-refractivity contribution is 7.10. The van der Waals surface area contributed by atoms with E-state index in [0.717, 1.165) is 30.8 Å². The number of nitrogens with one attached hydrogen (secondary N) is 2. The van der Waals surface area contributed by atoms with Crippen LogP contribution in [0.5, 0.6) is 5.75 Å². The smallest absolute Gasteiger partial charge is 0.315 e. The molecule has 146 valence electrons. The summed E-state index contributed by atoms with van der Waals surface area (Å²) in [6.07, 6.45) is 3.25. The summed E-state index contributed by atoms with van der Waals surface area (Å²) in [6.45, 7) is 4.88. The molecule has 1 aromatic carbocycles. The SMILES string of the molecule is COc1cccc(CC(C)NC(=O)NCC(c2cccs2)N2CCCC2)c1. The number of hydrogen-bond acceptors (Lipinski definition) is 4. The Bertz CT molecular complexity index is 714. The van der Waals surface area contributed by atoms with Crippen molar-refractivity contribution in [1.82, 2.24) is 15.5 Å². The van der Waals surface area contributed by atoms with Gasteiger partial charge in [-0.05, 0) is 68.4 Å². The van der Waals surface area contributed by atoms with Gasteiger partial charge in [-0.3, -0.25) is 4.90 Å². The van der Waals surface area contributed by atoms with E-state index < -0.39 is 0 Å². The molecule has 2 heterocycles. The molecule has 27 heavy (non-hydrogen) atoms. The molecular weight excluding hydrogens is 358 g/mol. The summed E-state index contributed by atoms with van der Waals surface area (Å²) < 4.78 is 5.26. The molecule has 1 saturated heterocycles. The zero-order chi connectivity index (χ0) is 19.1. The fourth-order valence-corrected chi connectivity index (χ4v) is 4.47. The van der Waals surface area contributed by atoms with Crippen LogP contribution in [0.15, 0.2) is 41.8 Å². The van der Waals surface area contributed by atoms with E-state index in [1.165, 1.54) is 17.7 Å². The molecule has 2 N–H and O–H groups in total. The number of methoxy groups -OCH3 is 1. The molecule has 0 spiro atoms. The Balaban J connectivity index is 1.50. The number of rotatable bonds is 8. The summed E-state index contributed by atoms with van der Waals surface area (Å²) in [7, 11) is 1.67. The van der Waals surface area contributed by atoms with Crippen molar-refractivity contribution >= 4 is 17.4 Å². The second-order valence-electron chi connectivity index (χ2n) is 7.09. The Labute approximate surface area is 165 Å². The summed E-state index contributed by atoms with van der Waals surface area (Å²) >= 11 is 1.76. The number of carbonyl (C=O) groups is 1. The quantitative estimate of drug-likeness (QED) is 0.724. The maximum atomic E-state index is 12.4. The molecule has 1 aliphatic rings. The summed E-state index contributed by atoms with van der Waals surface area (Å²) in [5.41, 5.74) is 1.15. The van der Waals surface area contributed by atoms with Crippen LogP contribution in [0.2, 0.25) is 0 Å². The van der Waals surface area contributed by atoms with E-state index >= 15 is 0 Å². The van der Waals surface area contributed by atoms with E-state index in [2.05, 4.69) is 39.1 Å². The molecule has 0 aliphatic carbocycles. The van der Waals surface area contributed by atoms with Crippen LogP contribution in [-0.4, -0.2) is 43.7 Å². The summed E-state index contributed by atoms with van der Waals surface area (Å²) in [4.78, 5) is 16.2. The molecule has 1 fully saturated rings. The molecule has 2 aromatic rings. The number of amides is 2. The minimum absolute atomic E-state index is 0.0454. The lowest BCUT2D eigenvalue weighted by Gasteiger charge is -2.27. The Morgan fingerprint density at radius 3 is 2.78 bits per heavy atom. The molecule has 2 atom stereocenters. The number of urea groups is 1. The van der Waals surface area contributed by atoms with Crippen molar-refractivity contribution in [2.24, 2.45) is 0 Å². The van der Waals surface area contributed by atoms with Crippen LogP contribution in [0.4, 0.5) is 4.79 Å². The number of carbonyl (C=O) groups excluding carboxylic acids is 1. The Hall–Kier alpha value is -2.05. The molecule has 3 rings (SSSR count). The van der Waals surface area contributed by atoms with E-state index in [9.17, 15) is 4.79 Å². The van der Waals surface area contributed by atoms with Gasteiger partial charge < -0.3 is 15.4 Å². The maximum Gasteiger partial charge on any atom is 0.315 e. The van der Waals surface area contributed by atoms with Gasteiger partial charge in [0.05, 0.1) is 13.2 Å². The van der Waals surface area contributed by atoms with Gasteiger partial charge in [-0.15, -0.1) is 11.3 Å². The molecule has 0 bridgehead atoms. The van der Waals surface area contributed by atoms with E-state index in [1.54, 1.807) is 18.4 Å². The van der Waals surface area contributed by atoms with Crippen LogP contribution in [0.3, 0.4) is 0 Å². The lowest BCUT2D eigenvalue weighted by molar-refractivity contribution is 0.220.